The summed E-state index contributed by atoms with van der Waals surface area (Å²) in [5.41, 5.74) is 2.51. The SMILES string of the molecule is CCOC(=O)[C@H](CNC(=O)CN1CCc2ccc(N3CCNCC3)cc2C1=O)NS(=O)(=O)c1ccccc1. The molecule has 3 N–H and O–H groups in total. The van der Waals surface area contributed by atoms with E-state index in [1.165, 1.54) is 17.0 Å². The molecule has 1 fully saturated rings. The average molecular weight is 544 g/mol. The average Bonchev–Trinajstić information content (AvgIpc) is 2.93. The minimum Gasteiger partial charge on any atom is -0.465 e. The van der Waals surface area contributed by atoms with Gasteiger partial charge in [-0.05, 0) is 43.2 Å². The summed E-state index contributed by atoms with van der Waals surface area (Å²) >= 11 is 0. The number of sulfonamides is 1. The Morgan fingerprint density at radius 1 is 1.08 bits per heavy atom. The van der Waals surface area contributed by atoms with Gasteiger partial charge in [-0.3, -0.25) is 14.4 Å². The monoisotopic (exact) mass is 543 g/mol. The number of carbonyl (C=O) groups excluding carboxylic acids is 3. The maximum absolute atomic E-state index is 13.2. The molecule has 1 atom stereocenters. The first-order chi connectivity index (χ1) is 18.3. The molecular weight excluding hydrogens is 510 g/mol. The van der Waals surface area contributed by atoms with Crippen LogP contribution in [0.2, 0.25) is 0 Å². The normalized spacial score (nSPS) is 16.5. The third-order valence-corrected chi connectivity index (χ3v) is 7.99. The first-order valence-corrected chi connectivity index (χ1v) is 14.2. The second-order valence-electron chi connectivity index (χ2n) is 9.10. The molecule has 4 rings (SSSR count). The van der Waals surface area contributed by atoms with Gasteiger partial charge in [-0.1, -0.05) is 24.3 Å². The quantitative estimate of drug-likeness (QED) is 0.360. The van der Waals surface area contributed by atoms with E-state index in [2.05, 4.69) is 20.3 Å². The lowest BCUT2D eigenvalue weighted by molar-refractivity contribution is -0.145. The molecular formula is C26H33N5O6S. The number of hydrogen-bond donors (Lipinski definition) is 3. The van der Waals surface area contributed by atoms with Crippen molar-refractivity contribution in [2.75, 3.05) is 57.3 Å². The topological polar surface area (TPSA) is 137 Å². The van der Waals surface area contributed by atoms with Crippen LogP contribution in [0.15, 0.2) is 53.4 Å². The Labute approximate surface area is 222 Å². The minimum absolute atomic E-state index is 0.0154. The molecule has 1 saturated heterocycles. The van der Waals surface area contributed by atoms with Crippen LogP contribution in [-0.4, -0.2) is 89.6 Å². The number of nitrogens with one attached hydrogen (secondary N) is 3. The molecule has 2 amide bonds. The van der Waals surface area contributed by atoms with Crippen molar-refractivity contribution in [2.45, 2.75) is 24.3 Å². The van der Waals surface area contributed by atoms with Crippen molar-refractivity contribution in [3.8, 4) is 0 Å². The minimum atomic E-state index is -4.03. The summed E-state index contributed by atoms with van der Waals surface area (Å²) in [5.74, 6) is -1.55. The molecule has 0 saturated carbocycles. The maximum Gasteiger partial charge on any atom is 0.326 e. The van der Waals surface area contributed by atoms with Gasteiger partial charge in [0.25, 0.3) is 5.91 Å². The van der Waals surface area contributed by atoms with Crippen molar-refractivity contribution in [3.63, 3.8) is 0 Å². The van der Waals surface area contributed by atoms with Gasteiger partial charge in [-0.25, -0.2) is 8.42 Å². The van der Waals surface area contributed by atoms with Crippen molar-refractivity contribution >= 4 is 33.5 Å². The lowest BCUT2D eigenvalue weighted by Crippen LogP contribution is -2.51. The van der Waals surface area contributed by atoms with Crippen LogP contribution in [0, 0.1) is 0 Å². The molecule has 0 spiro atoms. The smallest absolute Gasteiger partial charge is 0.326 e. The van der Waals surface area contributed by atoms with Gasteiger partial charge >= 0.3 is 5.97 Å². The van der Waals surface area contributed by atoms with Crippen molar-refractivity contribution in [1.29, 1.82) is 0 Å². The zero-order chi connectivity index (χ0) is 27.1. The standard InChI is InChI=1S/C26H33N5O6S/c1-2-37-26(34)23(29-38(35,36)21-6-4-3-5-7-21)17-28-24(32)18-31-13-10-19-8-9-20(16-22(19)25(31)33)30-14-11-27-12-15-30/h3-9,16,23,27,29H,2,10-15,17-18H2,1H3,(H,28,32)/t23-/m0/s1. The summed E-state index contributed by atoms with van der Waals surface area (Å²) in [6, 6.07) is 12.2. The Morgan fingerprint density at radius 3 is 2.53 bits per heavy atom. The van der Waals surface area contributed by atoms with Crippen molar-refractivity contribution in [3.05, 3.63) is 59.7 Å². The van der Waals surface area contributed by atoms with Crippen LogP contribution in [0.1, 0.15) is 22.8 Å². The molecule has 0 aromatic heterocycles. The molecule has 12 heteroatoms. The zero-order valence-corrected chi connectivity index (χ0v) is 22.1. The third kappa shape index (κ3) is 6.69. The molecule has 2 aliphatic rings. The largest absolute Gasteiger partial charge is 0.465 e. The van der Waals surface area contributed by atoms with E-state index >= 15 is 0 Å². The number of rotatable bonds is 10. The molecule has 11 nitrogen and oxygen atoms in total. The molecule has 2 aromatic rings. The van der Waals surface area contributed by atoms with Crippen molar-refractivity contribution in [1.82, 2.24) is 20.3 Å². The highest BCUT2D eigenvalue weighted by Gasteiger charge is 2.30. The molecule has 0 aliphatic carbocycles. The number of fused-ring (bicyclic) bond motifs is 1. The molecule has 2 aliphatic heterocycles. The highest BCUT2D eigenvalue weighted by Crippen LogP contribution is 2.25. The molecule has 2 heterocycles. The second-order valence-corrected chi connectivity index (χ2v) is 10.8. The highest BCUT2D eigenvalue weighted by molar-refractivity contribution is 7.89. The number of ether oxygens (including phenoxy) is 1. The summed E-state index contributed by atoms with van der Waals surface area (Å²) < 4.78 is 32.7. The number of carbonyl (C=O) groups is 3. The van der Waals surface area contributed by atoms with E-state index in [0.717, 1.165) is 37.4 Å². The van der Waals surface area contributed by atoms with E-state index in [-0.39, 0.29) is 30.5 Å². The van der Waals surface area contributed by atoms with Gasteiger partial charge in [0.1, 0.15) is 6.04 Å². The van der Waals surface area contributed by atoms with Gasteiger partial charge in [0.05, 0.1) is 18.0 Å². The fraction of sp³-hybridized carbons (Fsp3) is 0.423. The second kappa shape index (κ2) is 12.4. The van der Waals surface area contributed by atoms with Gasteiger partial charge in [0, 0.05) is 50.5 Å². The zero-order valence-electron chi connectivity index (χ0n) is 21.3. The van der Waals surface area contributed by atoms with Crippen LogP contribution in [0.5, 0.6) is 0 Å². The maximum atomic E-state index is 13.2. The molecule has 2 aromatic carbocycles. The Kier molecular flexibility index (Phi) is 8.97. The van der Waals surface area contributed by atoms with E-state index in [0.29, 0.717) is 18.5 Å². The summed E-state index contributed by atoms with van der Waals surface area (Å²) in [7, 11) is -4.03. The summed E-state index contributed by atoms with van der Waals surface area (Å²) in [5, 5.41) is 5.89. The Morgan fingerprint density at radius 2 is 1.82 bits per heavy atom. The Balaban J connectivity index is 1.38. The molecule has 204 valence electrons. The number of nitrogens with zero attached hydrogens (tertiary/aromatic N) is 2. The third-order valence-electron chi connectivity index (χ3n) is 6.50. The number of hydrogen-bond acceptors (Lipinski definition) is 8. The van der Waals surface area contributed by atoms with Crippen LogP contribution in [-0.2, 0) is 30.8 Å². The van der Waals surface area contributed by atoms with Gasteiger partial charge < -0.3 is 25.2 Å². The summed E-state index contributed by atoms with van der Waals surface area (Å²) in [6.07, 6.45) is 0.624. The number of amides is 2. The van der Waals surface area contributed by atoms with E-state index in [9.17, 15) is 22.8 Å². The van der Waals surface area contributed by atoms with E-state index < -0.39 is 27.9 Å². The number of esters is 1. The predicted octanol–water partition coefficient (Wildman–Crippen LogP) is 0.121. The first kappa shape index (κ1) is 27.6. The van der Waals surface area contributed by atoms with Gasteiger partial charge in [0.15, 0.2) is 0 Å². The van der Waals surface area contributed by atoms with Crippen LogP contribution in [0.3, 0.4) is 0 Å². The molecule has 0 radical (unpaired) electrons. The summed E-state index contributed by atoms with van der Waals surface area (Å²) in [6.45, 7) is 4.97. The molecule has 0 bridgehead atoms. The number of benzene rings is 2. The Hall–Kier alpha value is -3.48. The van der Waals surface area contributed by atoms with Gasteiger partial charge in [-0.2, -0.15) is 4.72 Å². The van der Waals surface area contributed by atoms with E-state index in [1.807, 2.05) is 18.2 Å². The van der Waals surface area contributed by atoms with Crippen molar-refractivity contribution < 1.29 is 27.5 Å². The van der Waals surface area contributed by atoms with Crippen LogP contribution < -0.4 is 20.3 Å². The first-order valence-electron chi connectivity index (χ1n) is 12.7. The number of piperazine rings is 1. The lowest BCUT2D eigenvalue weighted by Gasteiger charge is -2.32. The van der Waals surface area contributed by atoms with Crippen LogP contribution in [0.4, 0.5) is 5.69 Å². The van der Waals surface area contributed by atoms with E-state index in [1.54, 1.807) is 25.1 Å². The van der Waals surface area contributed by atoms with E-state index in [4.69, 9.17) is 4.74 Å². The van der Waals surface area contributed by atoms with Crippen LogP contribution in [0.25, 0.3) is 0 Å². The molecule has 0 unspecified atom stereocenters. The van der Waals surface area contributed by atoms with Crippen LogP contribution >= 0.6 is 0 Å². The van der Waals surface area contributed by atoms with Gasteiger partial charge in [0.2, 0.25) is 15.9 Å². The lowest BCUT2D eigenvalue weighted by atomic mass is 9.98. The number of anilines is 1. The fourth-order valence-corrected chi connectivity index (χ4v) is 5.70. The van der Waals surface area contributed by atoms with Gasteiger partial charge in [-0.15, -0.1) is 0 Å². The fourth-order valence-electron chi connectivity index (χ4n) is 4.50. The van der Waals surface area contributed by atoms with Crippen molar-refractivity contribution in [2.24, 2.45) is 0 Å². The highest BCUT2D eigenvalue weighted by atomic mass is 32.2. The predicted molar refractivity (Wildman–Crippen MR) is 141 cm³/mol. The summed E-state index contributed by atoms with van der Waals surface area (Å²) in [4.78, 5) is 42.1. The Bertz CT molecular complexity index is 1260. The molecule has 38 heavy (non-hydrogen) atoms.